The minimum Gasteiger partial charge on any atom is -0.497 e. The molecule has 0 amide bonds. The number of rotatable bonds is 5. The number of pyridine rings is 1. The number of nitrogens with one attached hydrogen (secondary N) is 1. The standard InChI is InChI=1S/C20H16N4O4/c1-27-15-4-2-3-14(11-15)18(13-5-7-21-8-6-13)28-20(26)16-12-17-19(25)22-9-10-24(17)23-16/h2-12,18H,1H3,(H,22,25). The van der Waals surface area contributed by atoms with Crippen molar-refractivity contribution in [3.8, 4) is 5.75 Å². The molecule has 4 aromatic rings. The Labute approximate surface area is 159 Å². The second-order valence-corrected chi connectivity index (χ2v) is 5.99. The third kappa shape index (κ3) is 3.35. The lowest BCUT2D eigenvalue weighted by Crippen LogP contribution is -2.14. The zero-order valence-corrected chi connectivity index (χ0v) is 14.9. The van der Waals surface area contributed by atoms with E-state index in [4.69, 9.17) is 9.47 Å². The number of hydrogen-bond donors (Lipinski definition) is 1. The molecule has 0 aliphatic carbocycles. The Bertz CT molecular complexity index is 1180. The van der Waals surface area contributed by atoms with Crippen molar-refractivity contribution in [3.05, 3.63) is 94.4 Å². The van der Waals surface area contributed by atoms with E-state index in [1.165, 1.54) is 16.8 Å². The fraction of sp³-hybridized carbons (Fsp3) is 0.100. The maximum Gasteiger partial charge on any atom is 0.359 e. The molecule has 3 aromatic heterocycles. The predicted octanol–water partition coefficient (Wildman–Crippen LogP) is 2.37. The van der Waals surface area contributed by atoms with Gasteiger partial charge in [-0.25, -0.2) is 9.31 Å². The van der Waals surface area contributed by atoms with Crippen LogP contribution in [-0.4, -0.2) is 32.7 Å². The number of carbonyl (C=O) groups is 1. The fourth-order valence-corrected chi connectivity index (χ4v) is 2.87. The van der Waals surface area contributed by atoms with E-state index in [0.717, 1.165) is 11.1 Å². The molecule has 8 nitrogen and oxygen atoms in total. The number of fused-ring (bicyclic) bond motifs is 1. The Hall–Kier alpha value is -3.94. The molecule has 0 radical (unpaired) electrons. The summed E-state index contributed by atoms with van der Waals surface area (Å²) >= 11 is 0. The summed E-state index contributed by atoms with van der Waals surface area (Å²) in [4.78, 5) is 31.2. The van der Waals surface area contributed by atoms with Crippen molar-refractivity contribution in [3.63, 3.8) is 0 Å². The highest BCUT2D eigenvalue weighted by Gasteiger charge is 2.23. The van der Waals surface area contributed by atoms with Crippen molar-refractivity contribution in [1.82, 2.24) is 19.6 Å². The summed E-state index contributed by atoms with van der Waals surface area (Å²) in [6.45, 7) is 0. The van der Waals surface area contributed by atoms with Crippen LogP contribution in [0.25, 0.3) is 5.52 Å². The molecule has 1 atom stereocenters. The van der Waals surface area contributed by atoms with E-state index in [0.29, 0.717) is 5.75 Å². The number of aromatic amines is 1. The topological polar surface area (TPSA) is 98.6 Å². The maximum atomic E-state index is 12.8. The summed E-state index contributed by atoms with van der Waals surface area (Å²) in [6.07, 6.45) is 5.57. The molecule has 0 saturated heterocycles. The maximum absolute atomic E-state index is 12.8. The van der Waals surface area contributed by atoms with E-state index >= 15 is 0 Å². The van der Waals surface area contributed by atoms with E-state index in [2.05, 4.69) is 15.1 Å². The molecule has 3 heterocycles. The number of ether oxygens (including phenoxy) is 2. The molecule has 0 spiro atoms. The quantitative estimate of drug-likeness (QED) is 0.537. The van der Waals surface area contributed by atoms with Crippen LogP contribution in [0.15, 0.2) is 72.0 Å². The minimum absolute atomic E-state index is 0.0404. The molecule has 0 aliphatic rings. The summed E-state index contributed by atoms with van der Waals surface area (Å²) < 4.78 is 12.4. The highest BCUT2D eigenvalue weighted by Crippen LogP contribution is 2.29. The van der Waals surface area contributed by atoms with E-state index in [1.54, 1.807) is 43.9 Å². The zero-order chi connectivity index (χ0) is 19.5. The molecule has 28 heavy (non-hydrogen) atoms. The van der Waals surface area contributed by atoms with Crippen LogP contribution in [0.3, 0.4) is 0 Å². The molecule has 8 heteroatoms. The van der Waals surface area contributed by atoms with E-state index in [1.807, 2.05) is 18.2 Å². The van der Waals surface area contributed by atoms with Gasteiger partial charge in [0.25, 0.3) is 5.56 Å². The van der Waals surface area contributed by atoms with Gasteiger partial charge < -0.3 is 14.5 Å². The Morgan fingerprint density at radius 3 is 2.71 bits per heavy atom. The number of esters is 1. The highest BCUT2D eigenvalue weighted by molar-refractivity contribution is 5.89. The highest BCUT2D eigenvalue weighted by atomic mass is 16.5. The smallest absolute Gasteiger partial charge is 0.359 e. The Morgan fingerprint density at radius 2 is 1.96 bits per heavy atom. The molecule has 0 aliphatic heterocycles. The largest absolute Gasteiger partial charge is 0.497 e. The number of hydrogen-bond acceptors (Lipinski definition) is 6. The molecular formula is C20H16N4O4. The molecule has 1 aromatic carbocycles. The summed E-state index contributed by atoms with van der Waals surface area (Å²) in [5.74, 6) is -0.000369. The Morgan fingerprint density at radius 1 is 1.14 bits per heavy atom. The number of methoxy groups -OCH3 is 1. The van der Waals surface area contributed by atoms with E-state index in [-0.39, 0.29) is 16.8 Å². The summed E-state index contributed by atoms with van der Waals surface area (Å²) in [7, 11) is 1.57. The number of H-pyrrole nitrogens is 1. The van der Waals surface area contributed by atoms with Gasteiger partial charge >= 0.3 is 5.97 Å². The third-order valence-corrected chi connectivity index (χ3v) is 4.24. The van der Waals surface area contributed by atoms with Gasteiger partial charge in [-0.05, 0) is 24.3 Å². The van der Waals surface area contributed by atoms with Gasteiger partial charge in [-0.1, -0.05) is 12.1 Å². The van der Waals surface area contributed by atoms with Gasteiger partial charge in [0.1, 0.15) is 11.3 Å². The predicted molar refractivity (Wildman–Crippen MR) is 100 cm³/mol. The van der Waals surface area contributed by atoms with Gasteiger partial charge in [-0.3, -0.25) is 9.78 Å². The van der Waals surface area contributed by atoms with Crippen LogP contribution in [0.4, 0.5) is 0 Å². The van der Waals surface area contributed by atoms with Crippen molar-refractivity contribution in [2.45, 2.75) is 6.10 Å². The average Bonchev–Trinajstić information content (AvgIpc) is 3.18. The molecule has 0 bridgehead atoms. The van der Waals surface area contributed by atoms with Crippen LogP contribution in [0.2, 0.25) is 0 Å². The van der Waals surface area contributed by atoms with Crippen molar-refractivity contribution in [1.29, 1.82) is 0 Å². The first-order valence-electron chi connectivity index (χ1n) is 8.47. The lowest BCUT2D eigenvalue weighted by atomic mass is 10.0. The SMILES string of the molecule is COc1cccc(C(OC(=O)c2cc3c(=O)[nH]ccn3n2)c2ccncc2)c1. The minimum atomic E-state index is -0.686. The number of carbonyl (C=O) groups excluding carboxylic acids is 1. The van der Waals surface area contributed by atoms with Crippen molar-refractivity contribution in [2.75, 3.05) is 7.11 Å². The molecule has 140 valence electrons. The van der Waals surface area contributed by atoms with Crippen molar-refractivity contribution in [2.24, 2.45) is 0 Å². The van der Waals surface area contributed by atoms with Crippen LogP contribution in [0.1, 0.15) is 27.7 Å². The van der Waals surface area contributed by atoms with Crippen LogP contribution in [0, 0.1) is 0 Å². The Kier molecular flexibility index (Phi) is 4.59. The van der Waals surface area contributed by atoms with Gasteiger partial charge in [0, 0.05) is 42.0 Å². The van der Waals surface area contributed by atoms with Crippen molar-refractivity contribution < 1.29 is 14.3 Å². The third-order valence-electron chi connectivity index (χ3n) is 4.24. The zero-order valence-electron chi connectivity index (χ0n) is 14.9. The average molecular weight is 376 g/mol. The van der Waals surface area contributed by atoms with E-state index in [9.17, 15) is 9.59 Å². The van der Waals surface area contributed by atoms with Crippen LogP contribution >= 0.6 is 0 Å². The number of nitrogens with zero attached hydrogens (tertiary/aromatic N) is 3. The lowest BCUT2D eigenvalue weighted by molar-refractivity contribution is 0.0370. The summed E-state index contributed by atoms with van der Waals surface area (Å²) in [6, 6.07) is 12.2. The first-order chi connectivity index (χ1) is 13.7. The first-order valence-corrected chi connectivity index (χ1v) is 8.47. The molecule has 0 fully saturated rings. The molecular weight excluding hydrogens is 360 g/mol. The van der Waals surface area contributed by atoms with Crippen LogP contribution in [0.5, 0.6) is 5.75 Å². The van der Waals surface area contributed by atoms with E-state index < -0.39 is 12.1 Å². The summed E-state index contributed by atoms with van der Waals surface area (Å²) in [5.41, 5.74) is 1.45. The summed E-state index contributed by atoms with van der Waals surface area (Å²) in [5, 5.41) is 4.13. The monoisotopic (exact) mass is 376 g/mol. The number of benzene rings is 1. The molecule has 0 saturated carbocycles. The van der Waals surface area contributed by atoms with Gasteiger partial charge in [-0.15, -0.1) is 0 Å². The Balaban J connectivity index is 1.71. The van der Waals surface area contributed by atoms with Crippen molar-refractivity contribution >= 4 is 11.5 Å². The van der Waals surface area contributed by atoms with Crippen LogP contribution in [-0.2, 0) is 4.74 Å². The second kappa shape index (κ2) is 7.36. The second-order valence-electron chi connectivity index (χ2n) is 5.99. The van der Waals surface area contributed by atoms with Gasteiger partial charge in [0.05, 0.1) is 7.11 Å². The molecule has 1 unspecified atom stereocenters. The van der Waals surface area contributed by atoms with Crippen LogP contribution < -0.4 is 10.3 Å². The molecule has 1 N–H and O–H groups in total. The normalized spacial score (nSPS) is 11.9. The first kappa shape index (κ1) is 17.5. The van der Waals surface area contributed by atoms with Gasteiger partial charge in [0.2, 0.25) is 0 Å². The fourth-order valence-electron chi connectivity index (χ4n) is 2.87. The van der Waals surface area contributed by atoms with Gasteiger partial charge in [-0.2, -0.15) is 5.10 Å². The van der Waals surface area contributed by atoms with Gasteiger partial charge in [0.15, 0.2) is 11.8 Å². The lowest BCUT2D eigenvalue weighted by Gasteiger charge is -2.18. The number of aromatic nitrogens is 4. The molecule has 4 rings (SSSR count).